The molecule has 0 aromatic carbocycles. The molecule has 0 bridgehead atoms. The van der Waals surface area contributed by atoms with E-state index >= 15 is 0 Å². The number of anilines is 2. The first-order chi connectivity index (χ1) is 11.7. The van der Waals surface area contributed by atoms with E-state index in [0.29, 0.717) is 17.6 Å². The van der Waals surface area contributed by atoms with Gasteiger partial charge in [-0.2, -0.15) is 0 Å². The molecule has 9 heteroatoms. The van der Waals surface area contributed by atoms with Gasteiger partial charge in [-0.05, 0) is 32.0 Å². The fraction of sp³-hybridized carbons (Fsp3) is 0.562. The highest BCUT2D eigenvalue weighted by atomic mass is 31.2. The van der Waals surface area contributed by atoms with Crippen molar-refractivity contribution in [2.45, 2.75) is 31.0 Å². The van der Waals surface area contributed by atoms with Crippen molar-refractivity contribution in [3.05, 3.63) is 12.3 Å². The first-order valence-electron chi connectivity index (χ1n) is 8.22. The summed E-state index contributed by atoms with van der Waals surface area (Å²) in [6.07, 6.45) is 3.95. The fourth-order valence-corrected chi connectivity index (χ4v) is 4.07. The van der Waals surface area contributed by atoms with E-state index in [1.54, 1.807) is 23.9 Å². The van der Waals surface area contributed by atoms with E-state index < -0.39 is 31.4 Å². The molecular weight excluding hydrogens is 341 g/mol. The number of pyridine rings is 1. The standard InChI is InChI=1S/C16H26N5O3P/c1-18-9-5-7-19-14-11(9)20-16(17)21(14)15-13(23)12(22)10(24-15)6-8-25(2,3)4/h5,7,10,12-13,15,22-23H,2,6,8H2,1,3-4H3,(H2,17,20)(H,18,19)/t10-,12-,13-,15-/m1/s1. The number of rotatable bonds is 5. The number of ether oxygens (including phenoxy) is 1. The lowest BCUT2D eigenvalue weighted by molar-refractivity contribution is -0.0340. The second kappa shape index (κ2) is 6.61. The molecule has 5 N–H and O–H groups in total. The zero-order valence-electron chi connectivity index (χ0n) is 14.8. The van der Waals surface area contributed by atoms with E-state index in [0.717, 1.165) is 11.8 Å². The highest BCUT2D eigenvalue weighted by Crippen LogP contribution is 2.40. The van der Waals surface area contributed by atoms with Crippen molar-refractivity contribution >= 4 is 36.0 Å². The molecule has 1 saturated heterocycles. The van der Waals surface area contributed by atoms with Crippen molar-refractivity contribution in [3.63, 3.8) is 0 Å². The number of hydrogen-bond acceptors (Lipinski definition) is 7. The highest BCUT2D eigenvalue weighted by molar-refractivity contribution is 7.72. The predicted molar refractivity (Wildman–Crippen MR) is 103 cm³/mol. The van der Waals surface area contributed by atoms with Crippen LogP contribution in [0.2, 0.25) is 0 Å². The third-order valence-corrected chi connectivity index (χ3v) is 5.96. The Bertz CT molecular complexity index is 817. The van der Waals surface area contributed by atoms with Gasteiger partial charge in [0.25, 0.3) is 0 Å². The van der Waals surface area contributed by atoms with Crippen LogP contribution in [0, 0.1) is 0 Å². The average molecular weight is 367 g/mol. The summed E-state index contributed by atoms with van der Waals surface area (Å²) in [5.74, 6) is 0.187. The quantitative estimate of drug-likeness (QED) is 0.577. The molecule has 1 aliphatic heterocycles. The molecular formula is C16H26N5O3P. The van der Waals surface area contributed by atoms with Gasteiger partial charge in [0.05, 0.1) is 11.8 Å². The lowest BCUT2D eigenvalue weighted by Gasteiger charge is -2.19. The van der Waals surface area contributed by atoms with E-state index in [9.17, 15) is 10.2 Å². The van der Waals surface area contributed by atoms with Gasteiger partial charge >= 0.3 is 0 Å². The lowest BCUT2D eigenvalue weighted by atomic mass is 10.1. The molecule has 0 saturated carbocycles. The maximum atomic E-state index is 10.5. The number of nitrogen functional groups attached to an aromatic ring is 1. The third kappa shape index (κ3) is 3.40. The number of aromatic nitrogens is 3. The largest absolute Gasteiger partial charge is 0.388 e. The predicted octanol–water partition coefficient (Wildman–Crippen LogP) is 0.774. The van der Waals surface area contributed by atoms with Crippen molar-refractivity contribution in [1.82, 2.24) is 14.5 Å². The molecule has 3 heterocycles. The average Bonchev–Trinajstić information content (AvgIpc) is 3.02. The van der Waals surface area contributed by atoms with Gasteiger partial charge in [-0.3, -0.25) is 4.57 Å². The van der Waals surface area contributed by atoms with Crippen LogP contribution in [0.3, 0.4) is 0 Å². The first kappa shape index (κ1) is 18.2. The van der Waals surface area contributed by atoms with Crippen LogP contribution < -0.4 is 11.1 Å². The summed E-state index contributed by atoms with van der Waals surface area (Å²) in [5, 5.41) is 23.9. The molecule has 25 heavy (non-hydrogen) atoms. The number of aliphatic hydroxyl groups is 2. The van der Waals surface area contributed by atoms with E-state index in [1.165, 1.54) is 0 Å². The van der Waals surface area contributed by atoms with Gasteiger partial charge in [0.1, 0.15) is 17.7 Å². The van der Waals surface area contributed by atoms with Crippen molar-refractivity contribution in [1.29, 1.82) is 0 Å². The Hall–Kier alpha value is -1.60. The van der Waals surface area contributed by atoms with Gasteiger partial charge in [-0.15, -0.1) is 13.2 Å². The number of nitrogens with one attached hydrogen (secondary N) is 1. The van der Waals surface area contributed by atoms with Crippen LogP contribution >= 0.6 is 6.89 Å². The van der Waals surface area contributed by atoms with Crippen molar-refractivity contribution in [3.8, 4) is 0 Å². The minimum absolute atomic E-state index is 0.187. The molecule has 1 aliphatic rings. The maximum absolute atomic E-state index is 10.5. The molecule has 3 rings (SSSR count). The number of hydrogen-bond donors (Lipinski definition) is 4. The first-order valence-corrected chi connectivity index (χ1v) is 11.3. The summed E-state index contributed by atoms with van der Waals surface area (Å²) in [6, 6.07) is 1.79. The molecule has 2 aromatic rings. The number of imidazole rings is 1. The molecule has 138 valence electrons. The van der Waals surface area contributed by atoms with Gasteiger partial charge in [-0.1, -0.05) is 0 Å². The Morgan fingerprint density at radius 3 is 2.76 bits per heavy atom. The van der Waals surface area contributed by atoms with Gasteiger partial charge in [-0.25, -0.2) is 9.97 Å². The summed E-state index contributed by atoms with van der Waals surface area (Å²) in [6.45, 7) is 3.02. The van der Waals surface area contributed by atoms with Gasteiger partial charge in [0.15, 0.2) is 11.9 Å². The van der Waals surface area contributed by atoms with Crippen LogP contribution in [0.15, 0.2) is 12.3 Å². The molecule has 1 fully saturated rings. The Kier molecular flexibility index (Phi) is 4.81. The summed E-state index contributed by atoms with van der Waals surface area (Å²) in [7, 11) is 1.79. The Balaban J connectivity index is 1.93. The summed E-state index contributed by atoms with van der Waals surface area (Å²) >= 11 is 0. The molecule has 8 nitrogen and oxygen atoms in total. The molecule has 4 atom stereocenters. The topological polar surface area (TPSA) is 118 Å². The Morgan fingerprint density at radius 2 is 2.12 bits per heavy atom. The van der Waals surface area contributed by atoms with Gasteiger partial charge in [0, 0.05) is 13.2 Å². The summed E-state index contributed by atoms with van der Waals surface area (Å²) in [4.78, 5) is 8.66. The van der Waals surface area contributed by atoms with Gasteiger partial charge < -0.3 is 26.0 Å². The summed E-state index contributed by atoms with van der Waals surface area (Å²) in [5.41, 5.74) is 7.95. The SMILES string of the molecule is C=P(C)(C)CC[C@H]1O[C@@H](n2c(N)nc3c(NC)ccnc32)[C@H](O)[C@@H]1O. The second-order valence-electron chi connectivity index (χ2n) is 7.12. The molecule has 2 aromatic heterocycles. The van der Waals surface area contributed by atoms with Crippen LogP contribution in [-0.4, -0.2) is 75.9 Å². The Morgan fingerprint density at radius 1 is 1.40 bits per heavy atom. The van der Waals surface area contributed by atoms with Crippen LogP contribution in [-0.2, 0) is 4.74 Å². The van der Waals surface area contributed by atoms with Crippen LogP contribution in [0.25, 0.3) is 11.2 Å². The minimum Gasteiger partial charge on any atom is -0.388 e. The third-order valence-electron chi connectivity index (χ3n) is 4.49. The number of nitrogens with zero attached hydrogens (tertiary/aromatic N) is 3. The van der Waals surface area contributed by atoms with E-state index in [-0.39, 0.29) is 5.95 Å². The van der Waals surface area contributed by atoms with Crippen molar-refractivity contribution in [2.75, 3.05) is 37.6 Å². The smallest absolute Gasteiger partial charge is 0.204 e. The summed E-state index contributed by atoms with van der Waals surface area (Å²) < 4.78 is 7.51. The zero-order valence-corrected chi connectivity index (χ0v) is 15.6. The molecule has 0 spiro atoms. The van der Waals surface area contributed by atoms with Crippen LogP contribution in [0.1, 0.15) is 12.6 Å². The van der Waals surface area contributed by atoms with Gasteiger partial charge in [0.2, 0.25) is 5.95 Å². The number of aliphatic hydroxyl groups excluding tert-OH is 2. The molecule has 0 unspecified atom stereocenters. The van der Waals surface area contributed by atoms with Crippen molar-refractivity contribution in [2.24, 2.45) is 0 Å². The zero-order chi connectivity index (χ0) is 18.4. The van der Waals surface area contributed by atoms with E-state index in [2.05, 4.69) is 34.9 Å². The Labute approximate surface area is 147 Å². The second-order valence-corrected chi connectivity index (χ2v) is 11.4. The number of fused-ring (bicyclic) bond motifs is 1. The van der Waals surface area contributed by atoms with Crippen molar-refractivity contribution < 1.29 is 14.9 Å². The van der Waals surface area contributed by atoms with Crippen LogP contribution in [0.4, 0.5) is 11.6 Å². The normalized spacial score (nSPS) is 27.1. The highest BCUT2D eigenvalue weighted by Gasteiger charge is 2.44. The molecule has 0 aliphatic carbocycles. The van der Waals surface area contributed by atoms with Crippen LogP contribution in [0.5, 0.6) is 0 Å². The number of nitrogens with two attached hydrogens (primary N) is 1. The minimum atomic E-state index is -1.24. The van der Waals surface area contributed by atoms with E-state index in [4.69, 9.17) is 10.5 Å². The lowest BCUT2D eigenvalue weighted by Crippen LogP contribution is -2.32. The fourth-order valence-electron chi connectivity index (χ4n) is 3.12. The van der Waals surface area contributed by atoms with E-state index in [1.807, 2.05) is 0 Å². The molecule has 0 radical (unpaired) electrons. The maximum Gasteiger partial charge on any atom is 0.204 e. The molecule has 0 amide bonds. The monoisotopic (exact) mass is 367 g/mol.